The van der Waals surface area contributed by atoms with Crippen molar-refractivity contribution in [2.75, 3.05) is 11.4 Å². The summed E-state index contributed by atoms with van der Waals surface area (Å²) in [6.07, 6.45) is 3.73. The van der Waals surface area contributed by atoms with Gasteiger partial charge in [0.05, 0.1) is 5.39 Å². The first-order valence-corrected chi connectivity index (χ1v) is 8.69. The lowest BCUT2D eigenvalue weighted by atomic mass is 10.1. The largest absolute Gasteiger partial charge is 0.463 e. The van der Waals surface area contributed by atoms with Gasteiger partial charge in [0.2, 0.25) is 5.43 Å². The topological polar surface area (TPSA) is 63.4 Å². The average Bonchev–Trinajstić information content (AvgIpc) is 2.61. The van der Waals surface area contributed by atoms with Crippen LogP contribution >= 0.6 is 0 Å². The van der Waals surface area contributed by atoms with E-state index in [1.54, 1.807) is 18.3 Å². The lowest BCUT2D eigenvalue weighted by Gasteiger charge is -2.21. The summed E-state index contributed by atoms with van der Waals surface area (Å²) in [7, 11) is 0. The van der Waals surface area contributed by atoms with Gasteiger partial charge in [-0.15, -0.1) is 0 Å². The van der Waals surface area contributed by atoms with E-state index in [1.807, 2.05) is 39.8 Å². The second-order valence-electron chi connectivity index (χ2n) is 6.59. The molecule has 0 aliphatic heterocycles. The monoisotopic (exact) mass is 350 g/mol. The number of aromatic nitrogens is 1. The maximum absolute atomic E-state index is 13.1. The van der Waals surface area contributed by atoms with Crippen molar-refractivity contribution in [3.05, 3.63) is 69.2 Å². The minimum absolute atomic E-state index is 0.0262. The van der Waals surface area contributed by atoms with Crippen LogP contribution < -0.4 is 10.3 Å². The third-order valence-electron chi connectivity index (χ3n) is 4.30. The van der Waals surface area contributed by atoms with E-state index in [1.165, 1.54) is 11.2 Å². The molecular weight excluding hydrogens is 328 g/mol. The molecule has 0 spiro atoms. The minimum Gasteiger partial charge on any atom is -0.463 e. The van der Waals surface area contributed by atoms with Crippen molar-refractivity contribution >= 4 is 22.7 Å². The highest BCUT2D eigenvalue weighted by Crippen LogP contribution is 2.20. The molecule has 2 heterocycles. The van der Waals surface area contributed by atoms with Crippen LogP contribution in [-0.2, 0) is 0 Å². The van der Waals surface area contributed by atoms with E-state index in [4.69, 9.17) is 4.42 Å². The van der Waals surface area contributed by atoms with Crippen molar-refractivity contribution in [3.8, 4) is 0 Å². The van der Waals surface area contributed by atoms with Crippen LogP contribution in [-0.4, -0.2) is 17.4 Å². The highest BCUT2D eigenvalue weighted by molar-refractivity contribution is 6.06. The molecule has 26 heavy (non-hydrogen) atoms. The van der Waals surface area contributed by atoms with Gasteiger partial charge in [-0.2, -0.15) is 0 Å². The van der Waals surface area contributed by atoms with Crippen molar-refractivity contribution in [1.29, 1.82) is 0 Å². The molecule has 1 amide bonds. The molecule has 2 aromatic heterocycles. The number of rotatable bonds is 4. The summed E-state index contributed by atoms with van der Waals surface area (Å²) < 4.78 is 5.65. The molecule has 0 aliphatic carbocycles. The summed E-state index contributed by atoms with van der Waals surface area (Å²) >= 11 is 0. The quantitative estimate of drug-likeness (QED) is 0.708. The van der Waals surface area contributed by atoms with Gasteiger partial charge >= 0.3 is 0 Å². The molecule has 1 aromatic carbocycles. The van der Waals surface area contributed by atoms with Gasteiger partial charge in [0.25, 0.3) is 5.91 Å². The van der Waals surface area contributed by atoms with E-state index >= 15 is 0 Å². The summed E-state index contributed by atoms with van der Waals surface area (Å²) in [5, 5.41) is 0.432. The molecule has 3 aromatic rings. The average molecular weight is 350 g/mol. The number of fused-ring (bicyclic) bond motifs is 1. The fraction of sp³-hybridized carbons (Fsp3) is 0.286. The van der Waals surface area contributed by atoms with Crippen molar-refractivity contribution in [2.45, 2.75) is 34.1 Å². The summed E-state index contributed by atoms with van der Waals surface area (Å²) in [6.45, 7) is 8.19. The molecule has 0 atom stereocenters. The predicted octanol–water partition coefficient (Wildman–Crippen LogP) is 4.17. The Morgan fingerprint density at radius 2 is 1.92 bits per heavy atom. The first-order valence-electron chi connectivity index (χ1n) is 8.69. The van der Waals surface area contributed by atoms with Crippen molar-refractivity contribution in [1.82, 2.24) is 4.98 Å². The Labute approximate surface area is 152 Å². The summed E-state index contributed by atoms with van der Waals surface area (Å²) in [4.78, 5) is 31.9. The van der Waals surface area contributed by atoms with Gasteiger partial charge in [-0.1, -0.05) is 19.1 Å². The number of nitrogens with zero attached hydrogens (tertiary/aromatic N) is 2. The molecule has 0 aliphatic rings. The van der Waals surface area contributed by atoms with Gasteiger partial charge in [-0.05, 0) is 56.0 Å². The predicted molar refractivity (Wildman–Crippen MR) is 103 cm³/mol. The van der Waals surface area contributed by atoms with Crippen LogP contribution in [0.15, 0.2) is 45.9 Å². The molecule has 0 radical (unpaired) electrons. The molecule has 0 fully saturated rings. The highest BCUT2D eigenvalue weighted by atomic mass is 16.3. The molecule has 0 saturated carbocycles. The van der Waals surface area contributed by atoms with Crippen LogP contribution in [0, 0.1) is 20.8 Å². The third kappa shape index (κ3) is 3.25. The fourth-order valence-electron chi connectivity index (χ4n) is 3.05. The molecule has 0 N–H and O–H groups in total. The van der Waals surface area contributed by atoms with Gasteiger partial charge in [-0.25, -0.2) is 4.98 Å². The molecule has 0 saturated heterocycles. The fourth-order valence-corrected chi connectivity index (χ4v) is 3.05. The zero-order valence-electron chi connectivity index (χ0n) is 15.5. The first-order chi connectivity index (χ1) is 12.4. The van der Waals surface area contributed by atoms with Gasteiger partial charge in [-0.3, -0.25) is 14.5 Å². The number of benzene rings is 1. The van der Waals surface area contributed by atoms with Crippen LogP contribution in [0.25, 0.3) is 11.0 Å². The number of carbonyl (C=O) groups excluding carboxylic acids is 1. The van der Waals surface area contributed by atoms with Crippen molar-refractivity contribution < 1.29 is 9.21 Å². The van der Waals surface area contributed by atoms with Crippen LogP contribution in [0.4, 0.5) is 5.82 Å². The van der Waals surface area contributed by atoms with Crippen molar-refractivity contribution in [3.63, 3.8) is 0 Å². The molecular formula is C21H22N2O3. The number of aryl methyl sites for hydroxylation is 3. The Bertz CT molecular complexity index is 1020. The highest BCUT2D eigenvalue weighted by Gasteiger charge is 2.23. The van der Waals surface area contributed by atoms with E-state index in [9.17, 15) is 9.59 Å². The Morgan fingerprint density at radius 3 is 2.58 bits per heavy atom. The minimum atomic E-state index is -0.391. The lowest BCUT2D eigenvalue weighted by Crippen LogP contribution is -2.35. The zero-order valence-corrected chi connectivity index (χ0v) is 15.5. The second-order valence-corrected chi connectivity index (χ2v) is 6.59. The van der Waals surface area contributed by atoms with E-state index in [2.05, 4.69) is 4.98 Å². The van der Waals surface area contributed by atoms with E-state index in [0.29, 0.717) is 23.3 Å². The standard InChI is InChI=1S/C21H22N2O3/c1-5-8-23(18-7-6-13(2)11-22-18)21(25)17-12-26-20-15(4)9-14(3)10-16(20)19(17)24/h6-7,9-12H,5,8H2,1-4H3. The van der Waals surface area contributed by atoms with Gasteiger partial charge in [0.15, 0.2) is 0 Å². The van der Waals surface area contributed by atoms with Crippen LogP contribution in [0.5, 0.6) is 0 Å². The van der Waals surface area contributed by atoms with Crippen LogP contribution in [0.3, 0.4) is 0 Å². The number of anilines is 1. The van der Waals surface area contributed by atoms with Gasteiger partial charge in [0.1, 0.15) is 23.2 Å². The van der Waals surface area contributed by atoms with E-state index < -0.39 is 5.91 Å². The number of hydrogen-bond acceptors (Lipinski definition) is 4. The summed E-state index contributed by atoms with van der Waals surface area (Å²) in [6, 6.07) is 7.40. The molecule has 5 nitrogen and oxygen atoms in total. The normalized spacial score (nSPS) is 10.9. The zero-order chi connectivity index (χ0) is 18.8. The Hall–Kier alpha value is -2.95. The van der Waals surface area contributed by atoms with Crippen LogP contribution in [0.1, 0.15) is 40.4 Å². The number of hydrogen-bond donors (Lipinski definition) is 0. The lowest BCUT2D eigenvalue weighted by molar-refractivity contribution is 0.0983. The number of amides is 1. The summed E-state index contributed by atoms with van der Waals surface area (Å²) in [5.41, 5.74) is 3.08. The van der Waals surface area contributed by atoms with Gasteiger partial charge < -0.3 is 4.42 Å². The third-order valence-corrected chi connectivity index (χ3v) is 4.30. The first kappa shape index (κ1) is 17.9. The maximum Gasteiger partial charge on any atom is 0.266 e. The molecule has 0 unspecified atom stereocenters. The second kappa shape index (κ2) is 7.12. The summed E-state index contributed by atoms with van der Waals surface area (Å²) in [5.74, 6) is 0.139. The van der Waals surface area contributed by atoms with E-state index in [0.717, 1.165) is 23.1 Å². The number of carbonyl (C=O) groups is 1. The molecule has 0 bridgehead atoms. The van der Waals surface area contributed by atoms with Gasteiger partial charge in [0, 0.05) is 12.7 Å². The number of pyridine rings is 1. The molecule has 5 heteroatoms. The molecule has 3 rings (SSSR count). The van der Waals surface area contributed by atoms with Crippen LogP contribution in [0.2, 0.25) is 0 Å². The Balaban J connectivity index is 2.11. The Kier molecular flexibility index (Phi) is 4.89. The SMILES string of the molecule is CCCN(C(=O)c1coc2c(C)cc(C)cc2c1=O)c1ccc(C)cn1. The van der Waals surface area contributed by atoms with E-state index in [-0.39, 0.29) is 11.0 Å². The Morgan fingerprint density at radius 1 is 1.15 bits per heavy atom. The maximum atomic E-state index is 13.1. The smallest absolute Gasteiger partial charge is 0.266 e. The van der Waals surface area contributed by atoms with Crippen molar-refractivity contribution in [2.24, 2.45) is 0 Å². The molecule has 134 valence electrons.